The van der Waals surface area contributed by atoms with Crippen molar-refractivity contribution >= 4 is 22.8 Å². The summed E-state index contributed by atoms with van der Waals surface area (Å²) in [6.45, 7) is 2.16. The van der Waals surface area contributed by atoms with Gasteiger partial charge >= 0.3 is 0 Å². The molecule has 4 heteroatoms. The van der Waals surface area contributed by atoms with Crippen LogP contribution in [-0.4, -0.2) is 23.3 Å². The van der Waals surface area contributed by atoms with E-state index in [9.17, 15) is 9.59 Å². The van der Waals surface area contributed by atoms with Crippen molar-refractivity contribution in [2.45, 2.75) is 19.8 Å². The van der Waals surface area contributed by atoms with Crippen molar-refractivity contribution in [2.75, 3.05) is 12.3 Å². The summed E-state index contributed by atoms with van der Waals surface area (Å²) in [5.41, 5.74) is 1.21. The largest absolute Gasteiger partial charge is 0.356 e. The van der Waals surface area contributed by atoms with Gasteiger partial charge < -0.3 is 5.32 Å². The highest BCUT2D eigenvalue weighted by Gasteiger charge is 2.02. The molecule has 0 unspecified atom stereocenters. The van der Waals surface area contributed by atoms with Crippen LogP contribution in [0, 0.1) is 0 Å². The molecule has 1 rings (SSSR count). The van der Waals surface area contributed by atoms with Crippen LogP contribution in [0.3, 0.4) is 0 Å². The fourth-order valence-electron chi connectivity index (χ4n) is 1.37. The number of amides is 1. The third-order valence-corrected chi connectivity index (χ3v) is 3.03. The second kappa shape index (κ2) is 7.90. The Labute approximate surface area is 106 Å². The molecule has 0 radical (unpaired) electrons. The summed E-state index contributed by atoms with van der Waals surface area (Å²) in [5, 5.41) is 2.90. The Morgan fingerprint density at radius 1 is 1.24 bits per heavy atom. The minimum atomic E-state index is 0.00896. The summed E-state index contributed by atoms with van der Waals surface area (Å²) >= 11 is 1.19. The summed E-state index contributed by atoms with van der Waals surface area (Å²) in [4.78, 5) is 22.0. The summed E-state index contributed by atoms with van der Waals surface area (Å²) in [5.74, 6) is 0.571. The average molecular weight is 251 g/mol. The van der Waals surface area contributed by atoms with E-state index in [2.05, 4.69) is 5.32 Å². The van der Waals surface area contributed by atoms with E-state index < -0.39 is 0 Å². The van der Waals surface area contributed by atoms with Gasteiger partial charge in [-0.1, -0.05) is 42.1 Å². The first-order valence-electron chi connectivity index (χ1n) is 5.62. The smallest absolute Gasteiger partial charge is 0.220 e. The summed E-state index contributed by atoms with van der Waals surface area (Å²) in [6.07, 6.45) is 1.24. The summed E-state index contributed by atoms with van der Waals surface area (Å²) in [7, 11) is 0. The number of nitrogens with one attached hydrogen (secondary N) is 1. The number of carbonyl (C=O) groups is 2. The van der Waals surface area contributed by atoms with Gasteiger partial charge in [0.05, 0.1) is 0 Å². The van der Waals surface area contributed by atoms with Crippen molar-refractivity contribution in [3.05, 3.63) is 35.9 Å². The second-order valence-corrected chi connectivity index (χ2v) is 4.95. The normalized spacial score (nSPS) is 9.94. The van der Waals surface area contributed by atoms with Gasteiger partial charge in [-0.15, -0.1) is 0 Å². The highest BCUT2D eigenvalue weighted by atomic mass is 32.2. The van der Waals surface area contributed by atoms with Gasteiger partial charge in [-0.25, -0.2) is 0 Å². The maximum absolute atomic E-state index is 11.4. The van der Waals surface area contributed by atoms with Gasteiger partial charge in [-0.3, -0.25) is 9.59 Å². The highest BCUT2D eigenvalue weighted by Crippen LogP contribution is 2.03. The van der Waals surface area contributed by atoms with Crippen LogP contribution in [0.4, 0.5) is 0 Å². The van der Waals surface area contributed by atoms with Crippen LogP contribution in [0.5, 0.6) is 0 Å². The lowest BCUT2D eigenvalue weighted by molar-refractivity contribution is -0.120. The van der Waals surface area contributed by atoms with Gasteiger partial charge in [-0.05, 0) is 12.0 Å². The molecule has 0 aromatic heterocycles. The number of benzene rings is 1. The molecule has 0 spiro atoms. The number of hydrogen-bond acceptors (Lipinski definition) is 3. The van der Waals surface area contributed by atoms with Crippen molar-refractivity contribution in [1.82, 2.24) is 5.32 Å². The van der Waals surface area contributed by atoms with Gasteiger partial charge in [0, 0.05) is 25.6 Å². The van der Waals surface area contributed by atoms with Gasteiger partial charge in [0.1, 0.15) is 0 Å². The lowest BCUT2D eigenvalue weighted by Crippen LogP contribution is -2.25. The van der Waals surface area contributed by atoms with Crippen LogP contribution in [0.2, 0.25) is 0 Å². The predicted octanol–water partition coefficient (Wildman–Crippen LogP) is 2.02. The zero-order chi connectivity index (χ0) is 12.5. The molecule has 3 nitrogen and oxygen atoms in total. The van der Waals surface area contributed by atoms with Crippen LogP contribution in [0.15, 0.2) is 30.3 Å². The molecule has 1 aromatic rings. The molecule has 0 bridgehead atoms. The molecule has 0 saturated heterocycles. The van der Waals surface area contributed by atoms with E-state index in [-0.39, 0.29) is 11.0 Å². The lowest BCUT2D eigenvalue weighted by Gasteiger charge is -2.04. The molecule has 17 heavy (non-hydrogen) atoms. The molecule has 0 aliphatic carbocycles. The minimum absolute atomic E-state index is 0.00896. The Kier molecular flexibility index (Phi) is 6.40. The first kappa shape index (κ1) is 13.8. The number of hydrogen-bond donors (Lipinski definition) is 1. The molecular weight excluding hydrogens is 234 g/mol. The van der Waals surface area contributed by atoms with Crippen molar-refractivity contribution in [2.24, 2.45) is 0 Å². The fourth-order valence-corrected chi connectivity index (χ4v) is 1.94. The van der Waals surface area contributed by atoms with Crippen molar-refractivity contribution in [1.29, 1.82) is 0 Å². The number of rotatable bonds is 6. The van der Waals surface area contributed by atoms with E-state index in [0.717, 1.165) is 6.42 Å². The fraction of sp³-hybridized carbons (Fsp3) is 0.385. The number of carbonyl (C=O) groups excluding carboxylic acids is 2. The zero-order valence-electron chi connectivity index (χ0n) is 9.94. The van der Waals surface area contributed by atoms with E-state index in [0.29, 0.717) is 18.7 Å². The Balaban J connectivity index is 2.10. The van der Waals surface area contributed by atoms with Crippen molar-refractivity contribution in [3.8, 4) is 0 Å². The van der Waals surface area contributed by atoms with E-state index >= 15 is 0 Å². The topological polar surface area (TPSA) is 46.2 Å². The molecule has 1 aromatic carbocycles. The molecule has 0 aliphatic heterocycles. The Hall–Kier alpha value is -1.29. The van der Waals surface area contributed by atoms with Crippen LogP contribution >= 0.6 is 11.8 Å². The first-order valence-corrected chi connectivity index (χ1v) is 6.61. The predicted molar refractivity (Wildman–Crippen MR) is 70.9 cm³/mol. The molecule has 0 saturated carbocycles. The summed E-state index contributed by atoms with van der Waals surface area (Å²) in [6, 6.07) is 10.0. The van der Waals surface area contributed by atoms with E-state index in [1.54, 1.807) is 0 Å². The van der Waals surface area contributed by atoms with Crippen molar-refractivity contribution < 1.29 is 9.59 Å². The quantitative estimate of drug-likeness (QED) is 0.841. The Morgan fingerprint density at radius 3 is 2.59 bits per heavy atom. The number of thioether (sulfide) groups is 1. The average Bonchev–Trinajstić information content (AvgIpc) is 2.30. The Bertz CT molecular complexity index is 365. The monoisotopic (exact) mass is 251 g/mol. The maximum atomic E-state index is 11.4. The zero-order valence-corrected chi connectivity index (χ0v) is 10.8. The molecule has 0 fully saturated rings. The molecule has 0 aliphatic rings. The maximum Gasteiger partial charge on any atom is 0.220 e. The Morgan fingerprint density at radius 2 is 1.94 bits per heavy atom. The van der Waals surface area contributed by atoms with Crippen LogP contribution < -0.4 is 5.32 Å². The van der Waals surface area contributed by atoms with Gasteiger partial charge in [-0.2, -0.15) is 0 Å². The first-order chi connectivity index (χ1) is 8.18. The SMILES string of the molecule is CC(=O)SCCC(=O)NCCc1ccccc1. The van der Waals surface area contributed by atoms with E-state index in [4.69, 9.17) is 0 Å². The minimum Gasteiger partial charge on any atom is -0.356 e. The van der Waals surface area contributed by atoms with E-state index in [1.165, 1.54) is 24.2 Å². The molecule has 92 valence electrons. The third-order valence-electron chi connectivity index (χ3n) is 2.21. The van der Waals surface area contributed by atoms with Crippen molar-refractivity contribution in [3.63, 3.8) is 0 Å². The van der Waals surface area contributed by atoms with Crippen LogP contribution in [0.25, 0.3) is 0 Å². The molecule has 0 heterocycles. The third kappa shape index (κ3) is 6.79. The molecule has 1 amide bonds. The van der Waals surface area contributed by atoms with Gasteiger partial charge in [0.15, 0.2) is 5.12 Å². The highest BCUT2D eigenvalue weighted by molar-refractivity contribution is 8.13. The van der Waals surface area contributed by atoms with E-state index in [1.807, 2.05) is 30.3 Å². The van der Waals surface area contributed by atoms with Crippen LogP contribution in [-0.2, 0) is 16.0 Å². The standard InChI is InChI=1S/C13H17NO2S/c1-11(15)17-10-8-13(16)14-9-7-12-5-3-2-4-6-12/h2-6H,7-10H2,1H3,(H,14,16). The molecular formula is C13H17NO2S. The lowest BCUT2D eigenvalue weighted by atomic mass is 10.1. The molecule has 1 N–H and O–H groups in total. The molecule has 0 atom stereocenters. The van der Waals surface area contributed by atoms with Gasteiger partial charge in [0.2, 0.25) is 5.91 Å². The van der Waals surface area contributed by atoms with Gasteiger partial charge in [0.25, 0.3) is 0 Å². The second-order valence-electron chi connectivity index (χ2n) is 3.68. The van der Waals surface area contributed by atoms with Crippen LogP contribution in [0.1, 0.15) is 18.9 Å². The summed E-state index contributed by atoms with van der Waals surface area (Å²) < 4.78 is 0.